The summed E-state index contributed by atoms with van der Waals surface area (Å²) in [5, 5.41) is 17.1. The first-order valence-electron chi connectivity index (χ1n) is 4.99. The van der Waals surface area contributed by atoms with Crippen molar-refractivity contribution in [3.05, 3.63) is 37.0 Å². The van der Waals surface area contributed by atoms with E-state index in [1.807, 2.05) is 18.2 Å². The van der Waals surface area contributed by atoms with E-state index >= 15 is 0 Å². The Morgan fingerprint density at radius 2 is 1.14 bits per heavy atom. The quantitative estimate of drug-likeness (QED) is 0.502. The van der Waals surface area contributed by atoms with Gasteiger partial charge in [-0.3, -0.25) is 0 Å². The van der Waals surface area contributed by atoms with Crippen molar-refractivity contribution in [2.24, 2.45) is 5.92 Å². The van der Waals surface area contributed by atoms with Crippen LogP contribution in [0.3, 0.4) is 0 Å². The molecule has 0 spiro atoms. The fraction of sp³-hybridized carbons (Fsp3) is 0.684. The molecule has 2 nitrogen and oxygen atoms in total. The van der Waals surface area contributed by atoms with Crippen molar-refractivity contribution in [2.45, 2.75) is 71.2 Å². The van der Waals surface area contributed by atoms with E-state index < -0.39 is 0 Å². The smallest absolute Gasteiger partial charge is 0.0612 e. The van der Waals surface area contributed by atoms with Gasteiger partial charge in [-0.1, -0.05) is 82.4 Å². The molecule has 21 heavy (non-hydrogen) atoms. The summed E-state index contributed by atoms with van der Waals surface area (Å²) in [7, 11) is 0. The van der Waals surface area contributed by atoms with Gasteiger partial charge in [-0.15, -0.1) is 6.58 Å². The summed E-state index contributed by atoms with van der Waals surface area (Å²) < 4.78 is 0. The van der Waals surface area contributed by atoms with Crippen molar-refractivity contribution in [2.75, 3.05) is 13.2 Å². The van der Waals surface area contributed by atoms with Crippen LogP contribution in [0.15, 0.2) is 37.0 Å². The number of hydrogen-bond acceptors (Lipinski definition) is 2. The van der Waals surface area contributed by atoms with Crippen molar-refractivity contribution < 1.29 is 10.2 Å². The van der Waals surface area contributed by atoms with Crippen LogP contribution in [0.4, 0.5) is 0 Å². The van der Waals surface area contributed by atoms with E-state index in [2.05, 4.69) is 6.58 Å². The Bertz CT molecular complexity index is 184. The van der Waals surface area contributed by atoms with Crippen LogP contribution in [0.25, 0.3) is 0 Å². The lowest BCUT2D eigenvalue weighted by atomic mass is 9.99. The molecule has 0 aliphatic heterocycles. The van der Waals surface area contributed by atoms with Crippen LogP contribution in [-0.4, -0.2) is 23.4 Å². The molecule has 0 aromatic heterocycles. The summed E-state index contributed by atoms with van der Waals surface area (Å²) in [5.74, 6) is 0.459. The van der Waals surface area contributed by atoms with Gasteiger partial charge in [0.15, 0.2) is 0 Å². The highest BCUT2D eigenvalue weighted by Crippen LogP contribution is 2.13. The minimum Gasteiger partial charge on any atom is -0.392 e. The normalized spacial score (nSPS) is 9.24. The van der Waals surface area contributed by atoms with Crippen LogP contribution in [-0.2, 0) is 0 Å². The van der Waals surface area contributed by atoms with Crippen LogP contribution in [0.1, 0.15) is 71.2 Å². The number of aliphatic hydroxyl groups excluding tert-OH is 2. The van der Waals surface area contributed by atoms with Gasteiger partial charge in [-0.05, 0) is 25.2 Å². The second-order valence-corrected chi connectivity index (χ2v) is 3.12. The van der Waals surface area contributed by atoms with Gasteiger partial charge in [0.1, 0.15) is 0 Å². The van der Waals surface area contributed by atoms with Crippen molar-refractivity contribution in [3.8, 4) is 0 Å². The Hall–Kier alpha value is -0.860. The second-order valence-electron chi connectivity index (χ2n) is 3.12. The van der Waals surface area contributed by atoms with Crippen LogP contribution in [0.5, 0.6) is 0 Å². The highest BCUT2D eigenvalue weighted by atomic mass is 16.3. The van der Waals surface area contributed by atoms with Crippen LogP contribution in [0, 0.1) is 5.92 Å². The molecule has 0 aromatic carbocycles. The van der Waals surface area contributed by atoms with Gasteiger partial charge in [0.2, 0.25) is 0 Å². The van der Waals surface area contributed by atoms with Crippen molar-refractivity contribution in [3.63, 3.8) is 0 Å². The molecular weight excluding hydrogens is 260 g/mol. The lowest BCUT2D eigenvalue weighted by Crippen LogP contribution is -1.93. The summed E-state index contributed by atoms with van der Waals surface area (Å²) in [4.78, 5) is 0. The Morgan fingerprint density at radius 1 is 0.714 bits per heavy atom. The van der Waals surface area contributed by atoms with E-state index in [-0.39, 0.29) is 65.2 Å². The maximum Gasteiger partial charge on any atom is 0.0612 e. The minimum absolute atomic E-state index is 0. The number of allylic oxidation sites excluding steroid dienone is 3. The maximum absolute atomic E-state index is 8.55. The summed E-state index contributed by atoms with van der Waals surface area (Å²) >= 11 is 0. The van der Waals surface area contributed by atoms with Gasteiger partial charge < -0.3 is 10.2 Å². The molecule has 2 N–H and O–H groups in total. The molecule has 0 radical (unpaired) electrons. The van der Waals surface area contributed by atoms with Gasteiger partial charge >= 0.3 is 0 Å². The molecule has 0 amide bonds. The zero-order chi connectivity index (χ0) is 10.6. The molecule has 0 rings (SSSR count). The largest absolute Gasteiger partial charge is 0.392 e. The number of aliphatic hydroxyl groups is 2. The molecule has 0 fully saturated rings. The molecule has 1 atom stereocenters. The standard InChI is InChI=1S/C12H20O2.7CH4/c1-2-12(9-5-7-11-14)8-4-3-6-10-13;;;;;;;/h2-3,5-7,12-14H,1,4,8-11H2;7*1H4/b6-3-,7-5+;;;;;;;. The molecule has 0 aliphatic rings. The Morgan fingerprint density at radius 3 is 1.52 bits per heavy atom. The lowest BCUT2D eigenvalue weighted by molar-refractivity contribution is 0.341. The second kappa shape index (κ2) is 42.7. The fourth-order valence-corrected chi connectivity index (χ4v) is 1.18. The fourth-order valence-electron chi connectivity index (χ4n) is 1.18. The molecule has 136 valence electrons. The van der Waals surface area contributed by atoms with Crippen LogP contribution in [0.2, 0.25) is 0 Å². The minimum atomic E-state index is 0. The summed E-state index contributed by atoms with van der Waals surface area (Å²) in [6.07, 6.45) is 12.3. The SMILES string of the molecule is C.C.C.C.C.C.C.C=CC(C/C=C/CO)CC/C=C\CO. The predicted octanol–water partition coefficient (Wildman–Crippen LogP) is 6.51. The lowest BCUT2D eigenvalue weighted by Gasteiger charge is -2.07. The van der Waals surface area contributed by atoms with Gasteiger partial charge in [0.05, 0.1) is 13.2 Å². The molecule has 0 aliphatic carbocycles. The zero-order valence-electron chi connectivity index (χ0n) is 8.60. The van der Waals surface area contributed by atoms with Crippen molar-refractivity contribution >= 4 is 0 Å². The van der Waals surface area contributed by atoms with E-state index in [0.29, 0.717) is 5.92 Å². The van der Waals surface area contributed by atoms with Gasteiger partial charge in [0, 0.05) is 0 Å². The van der Waals surface area contributed by atoms with Crippen LogP contribution < -0.4 is 0 Å². The Kier molecular flexibility index (Phi) is 102. The molecule has 0 saturated heterocycles. The molecule has 0 bridgehead atoms. The third-order valence-electron chi connectivity index (χ3n) is 2.02. The third-order valence-corrected chi connectivity index (χ3v) is 2.02. The third kappa shape index (κ3) is 38.2. The number of rotatable bonds is 8. The first-order chi connectivity index (χ1) is 6.85. The van der Waals surface area contributed by atoms with E-state index in [1.165, 1.54) is 0 Å². The van der Waals surface area contributed by atoms with Crippen molar-refractivity contribution in [1.82, 2.24) is 0 Å². The van der Waals surface area contributed by atoms with Crippen molar-refractivity contribution in [1.29, 1.82) is 0 Å². The Labute approximate surface area is 138 Å². The molecule has 1 unspecified atom stereocenters. The predicted molar refractivity (Wildman–Crippen MR) is 107 cm³/mol. The van der Waals surface area contributed by atoms with E-state index in [1.54, 1.807) is 12.2 Å². The molecule has 0 heterocycles. The van der Waals surface area contributed by atoms with Gasteiger partial charge in [0.25, 0.3) is 0 Å². The van der Waals surface area contributed by atoms with Gasteiger partial charge in [-0.25, -0.2) is 0 Å². The highest BCUT2D eigenvalue weighted by molar-refractivity contribution is 4.91. The summed E-state index contributed by atoms with van der Waals surface area (Å²) in [5.41, 5.74) is 0. The summed E-state index contributed by atoms with van der Waals surface area (Å²) in [6, 6.07) is 0. The maximum atomic E-state index is 8.55. The average Bonchev–Trinajstić information content (AvgIpc) is 2.22. The van der Waals surface area contributed by atoms with Crippen LogP contribution >= 0.6 is 0 Å². The first kappa shape index (κ1) is 50.1. The van der Waals surface area contributed by atoms with E-state index in [4.69, 9.17) is 10.2 Å². The zero-order valence-corrected chi connectivity index (χ0v) is 8.60. The van der Waals surface area contributed by atoms with E-state index in [9.17, 15) is 0 Å². The monoisotopic (exact) mass is 308 g/mol. The molecule has 0 aromatic rings. The molecular formula is C19H48O2. The molecule has 0 saturated carbocycles. The van der Waals surface area contributed by atoms with Gasteiger partial charge in [-0.2, -0.15) is 0 Å². The topological polar surface area (TPSA) is 40.5 Å². The summed E-state index contributed by atoms with van der Waals surface area (Å²) in [6.45, 7) is 3.99. The molecule has 2 heteroatoms. The number of hydrogen-bond donors (Lipinski definition) is 2. The first-order valence-corrected chi connectivity index (χ1v) is 4.99. The average molecular weight is 309 g/mol. The Balaban J connectivity index is -0.0000000402. The highest BCUT2D eigenvalue weighted by Gasteiger charge is 1.99. The van der Waals surface area contributed by atoms with E-state index in [0.717, 1.165) is 19.3 Å².